The number of nitrogens with zero attached hydrogens (tertiary/aromatic N) is 1. The highest BCUT2D eigenvalue weighted by Crippen LogP contribution is 2.30. The third kappa shape index (κ3) is 4.83. The first-order valence-corrected chi connectivity index (χ1v) is 8.61. The van der Waals surface area contributed by atoms with Crippen LogP contribution in [-0.2, 0) is 4.74 Å². The van der Waals surface area contributed by atoms with Gasteiger partial charge >= 0.3 is 5.97 Å². The lowest BCUT2D eigenvalue weighted by Gasteiger charge is -2.08. The molecule has 0 aliphatic carbocycles. The number of halogens is 1. The number of aliphatic imine (C=N–C) groups is 1. The zero-order valence-electron chi connectivity index (χ0n) is 14.7. The van der Waals surface area contributed by atoms with E-state index in [1.807, 2.05) is 20.8 Å². The van der Waals surface area contributed by atoms with E-state index in [-0.39, 0.29) is 11.7 Å². The molecule has 5 heteroatoms. The second-order valence-corrected chi connectivity index (χ2v) is 6.24. The van der Waals surface area contributed by atoms with Crippen LogP contribution in [0.5, 0.6) is 5.75 Å². The van der Waals surface area contributed by atoms with Gasteiger partial charge in [-0.2, -0.15) is 0 Å². The summed E-state index contributed by atoms with van der Waals surface area (Å²) in [5.74, 6) is -0.193. The lowest BCUT2D eigenvalue weighted by atomic mass is 10.0. The van der Waals surface area contributed by atoms with Gasteiger partial charge in [-0.1, -0.05) is 24.9 Å². The molecule has 0 spiro atoms. The van der Waals surface area contributed by atoms with Crippen molar-refractivity contribution in [2.45, 2.75) is 33.6 Å². The number of aromatic hydroxyl groups is 1. The summed E-state index contributed by atoms with van der Waals surface area (Å²) in [6.07, 6.45) is 3.41. The molecule has 0 saturated carbocycles. The Labute approximate surface area is 153 Å². The van der Waals surface area contributed by atoms with Crippen molar-refractivity contribution in [2.75, 3.05) is 6.61 Å². The summed E-state index contributed by atoms with van der Waals surface area (Å²) < 4.78 is 5.17. The summed E-state index contributed by atoms with van der Waals surface area (Å²) in [6.45, 7) is 6.16. The largest absolute Gasteiger partial charge is 0.507 e. The highest BCUT2D eigenvalue weighted by Gasteiger charge is 2.10. The number of rotatable bonds is 6. The van der Waals surface area contributed by atoms with Gasteiger partial charge in [0.15, 0.2) is 0 Å². The number of esters is 1. The highest BCUT2D eigenvalue weighted by molar-refractivity contribution is 6.32. The molecule has 0 unspecified atom stereocenters. The van der Waals surface area contributed by atoms with Crippen LogP contribution in [0, 0.1) is 13.8 Å². The smallest absolute Gasteiger partial charge is 0.338 e. The van der Waals surface area contributed by atoms with Gasteiger partial charge in [0.25, 0.3) is 0 Å². The van der Waals surface area contributed by atoms with Gasteiger partial charge < -0.3 is 9.84 Å². The van der Waals surface area contributed by atoms with Gasteiger partial charge in [-0.05, 0) is 61.7 Å². The molecule has 0 fully saturated rings. The van der Waals surface area contributed by atoms with Crippen LogP contribution in [0.25, 0.3) is 0 Å². The molecule has 1 N–H and O–H groups in total. The fraction of sp³-hybridized carbons (Fsp3) is 0.300. The Morgan fingerprint density at radius 1 is 1.28 bits per heavy atom. The molecular formula is C20H22ClNO3. The molecule has 0 aliphatic rings. The van der Waals surface area contributed by atoms with Crippen molar-refractivity contribution in [1.29, 1.82) is 0 Å². The second kappa shape index (κ2) is 8.67. The van der Waals surface area contributed by atoms with E-state index < -0.39 is 0 Å². The van der Waals surface area contributed by atoms with E-state index in [2.05, 4.69) is 4.99 Å². The maximum absolute atomic E-state index is 11.9. The molecule has 0 saturated heterocycles. The quantitative estimate of drug-likeness (QED) is 0.428. The summed E-state index contributed by atoms with van der Waals surface area (Å²) in [4.78, 5) is 16.2. The number of unbranched alkanes of at least 4 members (excludes halogenated alkanes) is 1. The van der Waals surface area contributed by atoms with E-state index >= 15 is 0 Å². The monoisotopic (exact) mass is 359 g/mol. The Hall–Kier alpha value is -2.33. The lowest BCUT2D eigenvalue weighted by molar-refractivity contribution is 0.0500. The van der Waals surface area contributed by atoms with Crippen LogP contribution in [-0.4, -0.2) is 23.9 Å². The maximum Gasteiger partial charge on any atom is 0.338 e. The Morgan fingerprint density at radius 3 is 2.60 bits per heavy atom. The maximum atomic E-state index is 11.9. The normalized spacial score (nSPS) is 11.0. The van der Waals surface area contributed by atoms with E-state index in [0.717, 1.165) is 24.0 Å². The number of carbonyl (C=O) groups is 1. The first-order chi connectivity index (χ1) is 11.9. The van der Waals surface area contributed by atoms with Crippen molar-refractivity contribution in [3.05, 3.63) is 57.6 Å². The van der Waals surface area contributed by atoms with Crippen LogP contribution in [0.1, 0.15) is 46.8 Å². The molecule has 0 aliphatic heterocycles. The first-order valence-electron chi connectivity index (χ1n) is 8.24. The van der Waals surface area contributed by atoms with Crippen LogP contribution < -0.4 is 0 Å². The van der Waals surface area contributed by atoms with Gasteiger partial charge in [-0.25, -0.2) is 4.79 Å². The molecule has 2 aromatic rings. The van der Waals surface area contributed by atoms with Gasteiger partial charge in [-0.3, -0.25) is 4.99 Å². The van der Waals surface area contributed by atoms with E-state index in [4.69, 9.17) is 16.3 Å². The van der Waals surface area contributed by atoms with Crippen LogP contribution in [0.3, 0.4) is 0 Å². The molecule has 0 heterocycles. The number of ether oxygens (including phenoxy) is 1. The van der Waals surface area contributed by atoms with Crippen molar-refractivity contribution < 1.29 is 14.6 Å². The summed E-state index contributed by atoms with van der Waals surface area (Å²) in [5.41, 5.74) is 3.34. The highest BCUT2D eigenvalue weighted by atomic mass is 35.5. The molecule has 2 aromatic carbocycles. The van der Waals surface area contributed by atoms with Crippen LogP contribution in [0.2, 0.25) is 5.02 Å². The van der Waals surface area contributed by atoms with Crippen molar-refractivity contribution in [3.63, 3.8) is 0 Å². The van der Waals surface area contributed by atoms with Gasteiger partial charge in [0.05, 0.1) is 17.9 Å². The van der Waals surface area contributed by atoms with Crippen molar-refractivity contribution in [1.82, 2.24) is 0 Å². The van der Waals surface area contributed by atoms with Gasteiger partial charge in [0.2, 0.25) is 0 Å². The van der Waals surface area contributed by atoms with Crippen molar-refractivity contribution >= 4 is 29.5 Å². The molecule has 0 atom stereocenters. The first kappa shape index (κ1) is 19.0. The van der Waals surface area contributed by atoms with E-state index in [0.29, 0.717) is 28.4 Å². The Bertz CT molecular complexity index is 783. The standard InChI is InChI=1S/C20H22ClNO3/c1-4-5-10-25-20(24)15-6-8-16(9-7-15)22-12-17-14(3)19(21)13(2)11-18(17)23/h6-9,11-12,23H,4-5,10H2,1-3H3. The fourth-order valence-electron chi connectivity index (χ4n) is 2.33. The Kier molecular flexibility index (Phi) is 6.59. The molecular weight excluding hydrogens is 338 g/mol. The molecule has 0 aromatic heterocycles. The molecule has 25 heavy (non-hydrogen) atoms. The van der Waals surface area contributed by atoms with Crippen molar-refractivity contribution in [2.24, 2.45) is 4.99 Å². The topological polar surface area (TPSA) is 58.9 Å². The van der Waals surface area contributed by atoms with E-state index in [1.54, 1.807) is 36.5 Å². The Morgan fingerprint density at radius 2 is 1.96 bits per heavy atom. The minimum Gasteiger partial charge on any atom is -0.507 e. The zero-order valence-corrected chi connectivity index (χ0v) is 15.4. The van der Waals surface area contributed by atoms with Gasteiger partial charge in [0, 0.05) is 16.8 Å². The number of aryl methyl sites for hydroxylation is 1. The van der Waals surface area contributed by atoms with E-state index in [9.17, 15) is 9.90 Å². The van der Waals surface area contributed by atoms with Gasteiger partial charge in [0.1, 0.15) is 5.75 Å². The van der Waals surface area contributed by atoms with Gasteiger partial charge in [-0.15, -0.1) is 0 Å². The summed E-state index contributed by atoms with van der Waals surface area (Å²) in [5, 5.41) is 10.7. The zero-order chi connectivity index (χ0) is 18.4. The predicted octanol–water partition coefficient (Wildman–Crippen LogP) is 5.37. The minimum absolute atomic E-state index is 0.138. The minimum atomic E-state index is -0.331. The number of carbonyl (C=O) groups excluding carboxylic acids is 1. The lowest BCUT2D eigenvalue weighted by Crippen LogP contribution is -2.05. The number of hydrogen-bond donors (Lipinski definition) is 1. The van der Waals surface area contributed by atoms with Crippen LogP contribution >= 0.6 is 11.6 Å². The fourth-order valence-corrected chi connectivity index (χ4v) is 2.49. The van der Waals surface area contributed by atoms with E-state index in [1.165, 1.54) is 0 Å². The molecule has 0 amide bonds. The second-order valence-electron chi connectivity index (χ2n) is 5.86. The third-order valence-electron chi connectivity index (χ3n) is 3.89. The number of phenolic OH excluding ortho intramolecular Hbond substituents is 1. The number of benzene rings is 2. The third-order valence-corrected chi connectivity index (χ3v) is 4.47. The number of phenols is 1. The summed E-state index contributed by atoms with van der Waals surface area (Å²) in [6, 6.07) is 8.43. The Balaban J connectivity index is 2.13. The van der Waals surface area contributed by atoms with Crippen LogP contribution in [0.15, 0.2) is 35.3 Å². The molecule has 132 valence electrons. The molecule has 0 bridgehead atoms. The van der Waals surface area contributed by atoms with Crippen molar-refractivity contribution in [3.8, 4) is 5.75 Å². The average molecular weight is 360 g/mol. The van der Waals surface area contributed by atoms with Crippen LogP contribution in [0.4, 0.5) is 5.69 Å². The SMILES string of the molecule is CCCCOC(=O)c1ccc(N=Cc2c(O)cc(C)c(Cl)c2C)cc1. The predicted molar refractivity (Wildman–Crippen MR) is 101 cm³/mol. The average Bonchev–Trinajstić information content (AvgIpc) is 2.60. The molecule has 2 rings (SSSR count). The number of hydrogen-bond acceptors (Lipinski definition) is 4. The molecule has 4 nitrogen and oxygen atoms in total. The summed E-state index contributed by atoms with van der Waals surface area (Å²) in [7, 11) is 0. The summed E-state index contributed by atoms with van der Waals surface area (Å²) >= 11 is 6.22. The molecule has 0 radical (unpaired) electrons.